The lowest BCUT2D eigenvalue weighted by molar-refractivity contribution is -0.111. The van der Waals surface area contributed by atoms with Crippen LogP contribution in [-0.4, -0.2) is 44.9 Å². The summed E-state index contributed by atoms with van der Waals surface area (Å²) in [6.07, 6.45) is 2.84. The van der Waals surface area contributed by atoms with Gasteiger partial charge in [0.25, 0.3) is 0 Å². The van der Waals surface area contributed by atoms with Crippen LogP contribution in [0.25, 0.3) is 6.08 Å². The molecule has 0 bridgehead atoms. The van der Waals surface area contributed by atoms with Crippen molar-refractivity contribution in [2.24, 2.45) is 0 Å². The van der Waals surface area contributed by atoms with Gasteiger partial charge >= 0.3 is 0 Å². The Morgan fingerprint density at radius 1 is 1.22 bits per heavy atom. The van der Waals surface area contributed by atoms with Crippen molar-refractivity contribution >= 4 is 39.3 Å². The number of hydrogen-bond acceptors (Lipinski definition) is 5. The van der Waals surface area contributed by atoms with Gasteiger partial charge in [-0.05, 0) is 43.3 Å². The largest absolute Gasteiger partial charge is 0.462 e. The van der Waals surface area contributed by atoms with E-state index in [1.54, 1.807) is 18.2 Å². The number of benzene rings is 1. The summed E-state index contributed by atoms with van der Waals surface area (Å²) in [6.45, 7) is 3.01. The molecule has 0 saturated carbocycles. The van der Waals surface area contributed by atoms with E-state index in [-0.39, 0.29) is 23.0 Å². The van der Waals surface area contributed by atoms with E-state index in [0.717, 1.165) is 5.76 Å². The molecule has 0 radical (unpaired) electrons. The average molecular weight is 411 g/mol. The van der Waals surface area contributed by atoms with Crippen LogP contribution in [-0.2, 0) is 19.6 Å². The van der Waals surface area contributed by atoms with Gasteiger partial charge in [-0.25, -0.2) is 8.42 Å². The molecule has 3 rings (SSSR count). The number of carbonyl (C=O) groups is 1. The third-order valence-corrected chi connectivity index (χ3v) is 6.33. The molecule has 1 aliphatic rings. The molecule has 0 unspecified atom stereocenters. The molecule has 1 saturated heterocycles. The summed E-state index contributed by atoms with van der Waals surface area (Å²) in [6, 6.07) is 7.89. The van der Waals surface area contributed by atoms with Crippen LogP contribution in [0, 0.1) is 6.92 Å². The zero-order valence-electron chi connectivity index (χ0n) is 14.6. The maximum Gasteiger partial charge on any atom is 0.248 e. The van der Waals surface area contributed by atoms with Crippen LogP contribution in [0.4, 0.5) is 5.69 Å². The Kier molecular flexibility index (Phi) is 6.01. The third kappa shape index (κ3) is 4.78. The fourth-order valence-corrected chi connectivity index (χ4v) is 4.50. The molecule has 1 fully saturated rings. The number of amides is 1. The summed E-state index contributed by atoms with van der Waals surface area (Å²) in [5, 5.41) is 2.73. The number of sulfonamides is 1. The molecule has 144 valence electrons. The summed E-state index contributed by atoms with van der Waals surface area (Å²) >= 11 is 6.10. The minimum Gasteiger partial charge on any atom is -0.462 e. The van der Waals surface area contributed by atoms with Gasteiger partial charge in [0.15, 0.2) is 0 Å². The summed E-state index contributed by atoms with van der Waals surface area (Å²) in [5.74, 6) is 0.876. The van der Waals surface area contributed by atoms with Gasteiger partial charge in [0, 0.05) is 24.9 Å². The van der Waals surface area contributed by atoms with E-state index in [1.807, 2.05) is 6.92 Å². The van der Waals surface area contributed by atoms with Crippen LogP contribution in [0.15, 0.2) is 45.7 Å². The molecule has 1 aliphatic heterocycles. The number of nitrogens with zero attached hydrogens (tertiary/aromatic N) is 1. The fourth-order valence-electron chi connectivity index (χ4n) is 2.59. The van der Waals surface area contributed by atoms with Crippen molar-refractivity contribution in [3.8, 4) is 0 Å². The van der Waals surface area contributed by atoms with Crippen LogP contribution in [0.1, 0.15) is 11.5 Å². The molecule has 0 spiro atoms. The zero-order chi connectivity index (χ0) is 19.4. The minimum atomic E-state index is -3.77. The molecule has 0 aliphatic carbocycles. The van der Waals surface area contributed by atoms with E-state index < -0.39 is 15.9 Å². The second-order valence-corrected chi connectivity index (χ2v) is 8.25. The highest BCUT2D eigenvalue weighted by Gasteiger charge is 2.28. The first-order valence-electron chi connectivity index (χ1n) is 8.29. The molecule has 0 atom stereocenters. The molecule has 1 aromatic heterocycles. The lowest BCUT2D eigenvalue weighted by Gasteiger charge is -2.26. The predicted octanol–water partition coefficient (Wildman–Crippen LogP) is 2.91. The van der Waals surface area contributed by atoms with E-state index in [4.69, 9.17) is 20.8 Å². The van der Waals surface area contributed by atoms with Crippen LogP contribution in [0.2, 0.25) is 5.02 Å². The number of nitrogens with one attached hydrogen (secondary N) is 1. The van der Waals surface area contributed by atoms with E-state index in [9.17, 15) is 13.2 Å². The molecular weight excluding hydrogens is 392 g/mol. The van der Waals surface area contributed by atoms with E-state index in [0.29, 0.717) is 24.7 Å². The first kappa shape index (κ1) is 19.6. The number of aryl methyl sites for hydroxylation is 1. The lowest BCUT2D eigenvalue weighted by atomic mass is 10.3. The third-order valence-electron chi connectivity index (χ3n) is 3.95. The Morgan fingerprint density at radius 3 is 2.63 bits per heavy atom. The van der Waals surface area contributed by atoms with Crippen molar-refractivity contribution in [1.82, 2.24) is 4.31 Å². The highest BCUT2D eigenvalue weighted by Crippen LogP contribution is 2.28. The molecule has 1 N–H and O–H groups in total. The second-order valence-electron chi connectivity index (χ2n) is 5.93. The number of halogens is 1. The van der Waals surface area contributed by atoms with E-state index >= 15 is 0 Å². The lowest BCUT2D eigenvalue weighted by Crippen LogP contribution is -2.40. The highest BCUT2D eigenvalue weighted by molar-refractivity contribution is 7.89. The Balaban J connectivity index is 1.76. The molecule has 2 heterocycles. The number of ether oxygens (including phenoxy) is 1. The molecule has 1 aromatic carbocycles. The van der Waals surface area contributed by atoms with Crippen LogP contribution < -0.4 is 5.32 Å². The summed E-state index contributed by atoms with van der Waals surface area (Å²) < 4.78 is 37.5. The maximum absolute atomic E-state index is 12.8. The molecule has 2 aromatic rings. The van der Waals surface area contributed by atoms with Crippen LogP contribution >= 0.6 is 11.6 Å². The van der Waals surface area contributed by atoms with Gasteiger partial charge in [0.2, 0.25) is 15.9 Å². The maximum atomic E-state index is 12.8. The van der Waals surface area contributed by atoms with Crippen molar-refractivity contribution in [3.05, 3.63) is 53.0 Å². The van der Waals surface area contributed by atoms with Crippen molar-refractivity contribution in [3.63, 3.8) is 0 Å². The van der Waals surface area contributed by atoms with Gasteiger partial charge < -0.3 is 14.5 Å². The molecular formula is C18H19ClN2O5S. The Bertz CT molecular complexity index is 962. The minimum absolute atomic E-state index is 0.0468. The first-order chi connectivity index (χ1) is 12.9. The van der Waals surface area contributed by atoms with Crippen molar-refractivity contribution < 1.29 is 22.4 Å². The molecule has 1 amide bonds. The van der Waals surface area contributed by atoms with Gasteiger partial charge in [-0.3, -0.25) is 4.79 Å². The van der Waals surface area contributed by atoms with Gasteiger partial charge in [-0.1, -0.05) is 11.6 Å². The summed E-state index contributed by atoms with van der Waals surface area (Å²) in [5.41, 5.74) is 0.330. The van der Waals surface area contributed by atoms with E-state index in [2.05, 4.69) is 5.32 Å². The fraction of sp³-hybridized carbons (Fsp3) is 0.278. The zero-order valence-corrected chi connectivity index (χ0v) is 16.2. The Labute approximate surface area is 162 Å². The van der Waals surface area contributed by atoms with E-state index in [1.165, 1.54) is 28.6 Å². The number of hydrogen-bond donors (Lipinski definition) is 1. The SMILES string of the molecule is Cc1ccc(/C=C/C(=O)Nc2ccc(Cl)c(S(=O)(=O)N3CCOCC3)c2)o1. The monoisotopic (exact) mass is 410 g/mol. The Morgan fingerprint density at radius 2 is 1.96 bits per heavy atom. The quantitative estimate of drug-likeness (QED) is 0.765. The molecule has 7 nitrogen and oxygen atoms in total. The number of furan rings is 1. The number of morpholine rings is 1. The van der Waals surface area contributed by atoms with Gasteiger partial charge in [-0.2, -0.15) is 4.31 Å². The van der Waals surface area contributed by atoms with Crippen LogP contribution in [0.5, 0.6) is 0 Å². The number of anilines is 1. The Hall–Kier alpha value is -2.13. The van der Waals surface area contributed by atoms with Gasteiger partial charge in [0.05, 0.1) is 18.2 Å². The molecule has 27 heavy (non-hydrogen) atoms. The normalized spacial score (nSPS) is 15.9. The summed E-state index contributed by atoms with van der Waals surface area (Å²) in [7, 11) is -3.77. The van der Waals surface area contributed by atoms with Gasteiger partial charge in [0.1, 0.15) is 16.4 Å². The summed E-state index contributed by atoms with van der Waals surface area (Å²) in [4.78, 5) is 12.0. The average Bonchev–Trinajstić information content (AvgIpc) is 3.07. The molecule has 9 heteroatoms. The van der Waals surface area contributed by atoms with Crippen molar-refractivity contribution in [1.29, 1.82) is 0 Å². The van der Waals surface area contributed by atoms with Crippen LogP contribution in [0.3, 0.4) is 0 Å². The second kappa shape index (κ2) is 8.26. The highest BCUT2D eigenvalue weighted by atomic mass is 35.5. The smallest absolute Gasteiger partial charge is 0.248 e. The van der Waals surface area contributed by atoms with Crippen molar-refractivity contribution in [2.75, 3.05) is 31.6 Å². The number of rotatable bonds is 5. The van der Waals surface area contributed by atoms with Crippen molar-refractivity contribution in [2.45, 2.75) is 11.8 Å². The topological polar surface area (TPSA) is 88.9 Å². The predicted molar refractivity (Wildman–Crippen MR) is 102 cm³/mol. The number of carbonyl (C=O) groups excluding carboxylic acids is 1. The first-order valence-corrected chi connectivity index (χ1v) is 10.1. The van der Waals surface area contributed by atoms with Gasteiger partial charge in [-0.15, -0.1) is 0 Å². The standard InChI is InChI=1S/C18H19ClN2O5S/c1-13-2-4-15(26-13)5-7-18(22)20-14-3-6-16(19)17(12-14)27(23,24)21-8-10-25-11-9-21/h2-7,12H,8-11H2,1H3,(H,20,22)/b7-5+.